The number of aliphatic carboxylic acids is 1. The summed E-state index contributed by atoms with van der Waals surface area (Å²) in [4.78, 5) is 10.0. The van der Waals surface area contributed by atoms with Crippen LogP contribution in [0.2, 0.25) is 0 Å². The number of benzene rings is 1. The Morgan fingerprint density at radius 2 is 1.88 bits per heavy atom. The van der Waals surface area contributed by atoms with E-state index in [9.17, 15) is 4.79 Å². The van der Waals surface area contributed by atoms with Crippen LogP contribution in [0.1, 0.15) is 13.8 Å². The first-order chi connectivity index (χ1) is 7.36. The number of phenols is 1. The summed E-state index contributed by atoms with van der Waals surface area (Å²) in [5.41, 5.74) is 5.16. The lowest BCUT2D eigenvalue weighted by Crippen LogP contribution is -2.34. The number of halogens is 1. The van der Waals surface area contributed by atoms with Crippen molar-refractivity contribution in [3.63, 3.8) is 0 Å². The molecule has 0 aliphatic rings. The van der Waals surface area contributed by atoms with E-state index in [2.05, 4.69) is 15.9 Å². The number of hydrogen-bond donors (Lipinski definition) is 3. The van der Waals surface area contributed by atoms with Crippen LogP contribution in [0, 0.1) is 5.92 Å². The molecule has 1 rings (SSSR count). The number of carboxylic acids is 1. The predicted octanol–water partition coefficient (Wildman–Crippen LogP) is 2.21. The Morgan fingerprint density at radius 1 is 1.38 bits per heavy atom. The van der Waals surface area contributed by atoms with Crippen LogP contribution in [0.25, 0.3) is 0 Å². The second kappa shape index (κ2) is 7.24. The van der Waals surface area contributed by atoms with Gasteiger partial charge in [0.25, 0.3) is 0 Å². The molecule has 0 saturated carbocycles. The van der Waals surface area contributed by atoms with Crippen molar-refractivity contribution >= 4 is 21.9 Å². The molecule has 1 aromatic carbocycles. The Labute approximate surface area is 103 Å². The normalized spacial score (nSPS) is 11.6. The van der Waals surface area contributed by atoms with Crippen LogP contribution in [0.5, 0.6) is 5.75 Å². The second-order valence-electron chi connectivity index (χ2n) is 3.56. The van der Waals surface area contributed by atoms with Gasteiger partial charge in [-0.05, 0) is 34.0 Å². The molecule has 1 aromatic rings. The van der Waals surface area contributed by atoms with Crippen LogP contribution in [-0.2, 0) is 4.79 Å². The number of para-hydroxylation sites is 1. The van der Waals surface area contributed by atoms with Gasteiger partial charge in [-0.3, -0.25) is 4.79 Å². The van der Waals surface area contributed by atoms with Gasteiger partial charge in [0, 0.05) is 0 Å². The average molecular weight is 290 g/mol. The highest BCUT2D eigenvalue weighted by atomic mass is 79.9. The third-order valence-electron chi connectivity index (χ3n) is 1.86. The molecule has 0 aliphatic carbocycles. The van der Waals surface area contributed by atoms with Crippen LogP contribution in [0.4, 0.5) is 0 Å². The van der Waals surface area contributed by atoms with Crippen LogP contribution in [0.3, 0.4) is 0 Å². The summed E-state index contributed by atoms with van der Waals surface area (Å²) >= 11 is 3.15. The van der Waals surface area contributed by atoms with Gasteiger partial charge in [-0.15, -0.1) is 0 Å². The minimum atomic E-state index is -0.931. The molecule has 0 heterocycles. The maximum absolute atomic E-state index is 10.0. The van der Waals surface area contributed by atoms with Crippen LogP contribution in [-0.4, -0.2) is 22.2 Å². The van der Waals surface area contributed by atoms with Crippen molar-refractivity contribution in [2.75, 3.05) is 0 Å². The largest absolute Gasteiger partial charge is 0.507 e. The summed E-state index contributed by atoms with van der Waals surface area (Å²) in [7, 11) is 0. The van der Waals surface area contributed by atoms with Crippen LogP contribution >= 0.6 is 15.9 Å². The number of nitrogens with two attached hydrogens (primary N) is 1. The highest BCUT2D eigenvalue weighted by Gasteiger charge is 2.14. The van der Waals surface area contributed by atoms with Gasteiger partial charge in [0.15, 0.2) is 0 Å². The molecule has 16 heavy (non-hydrogen) atoms. The Morgan fingerprint density at radius 3 is 2.06 bits per heavy atom. The fourth-order valence-electron chi connectivity index (χ4n) is 0.737. The first-order valence-corrected chi connectivity index (χ1v) is 5.57. The smallest absolute Gasteiger partial charge is 0.320 e. The molecule has 90 valence electrons. The van der Waals surface area contributed by atoms with Crippen molar-refractivity contribution in [3.8, 4) is 5.75 Å². The molecule has 0 fully saturated rings. The van der Waals surface area contributed by atoms with Crippen LogP contribution < -0.4 is 5.73 Å². The third-order valence-corrected chi connectivity index (χ3v) is 2.53. The number of carboxylic acid groups (broad SMARTS) is 1. The Balaban J connectivity index is 0.000000281. The Bertz CT molecular complexity index is 321. The van der Waals surface area contributed by atoms with Gasteiger partial charge in [-0.1, -0.05) is 26.0 Å². The number of phenolic OH excluding ortho intramolecular Hbond substituents is 1. The third kappa shape index (κ3) is 5.72. The van der Waals surface area contributed by atoms with Gasteiger partial charge in [0.05, 0.1) is 4.47 Å². The maximum atomic E-state index is 10.0. The number of rotatable bonds is 2. The summed E-state index contributed by atoms with van der Waals surface area (Å²) in [6.45, 7) is 3.55. The SMILES string of the molecule is CC(C)[C@H](N)C(=O)O.Oc1ccccc1Br. The van der Waals surface area contributed by atoms with Gasteiger partial charge < -0.3 is 15.9 Å². The van der Waals surface area contributed by atoms with Gasteiger partial charge in [-0.2, -0.15) is 0 Å². The first-order valence-electron chi connectivity index (χ1n) is 4.78. The van der Waals surface area contributed by atoms with Crippen molar-refractivity contribution < 1.29 is 15.0 Å². The standard InChI is InChI=1S/C6H5BrO.C5H11NO2/c7-5-3-1-2-4-6(5)8;1-3(2)4(6)5(7)8/h1-4,8H;3-4H,6H2,1-2H3,(H,7,8)/t;4-/m.0/s1. The molecule has 1 atom stereocenters. The van der Waals surface area contributed by atoms with Gasteiger partial charge in [-0.25, -0.2) is 0 Å². The molecule has 0 aromatic heterocycles. The first kappa shape index (κ1) is 14.9. The molecular weight excluding hydrogens is 274 g/mol. The van der Waals surface area contributed by atoms with E-state index < -0.39 is 12.0 Å². The van der Waals surface area contributed by atoms with Crippen LogP contribution in [0.15, 0.2) is 28.7 Å². The summed E-state index contributed by atoms with van der Waals surface area (Å²) < 4.78 is 0.736. The van der Waals surface area contributed by atoms with E-state index in [-0.39, 0.29) is 11.7 Å². The van der Waals surface area contributed by atoms with E-state index in [0.717, 1.165) is 4.47 Å². The monoisotopic (exact) mass is 289 g/mol. The van der Waals surface area contributed by atoms with E-state index in [1.54, 1.807) is 32.0 Å². The summed E-state index contributed by atoms with van der Waals surface area (Å²) in [5, 5.41) is 17.1. The highest BCUT2D eigenvalue weighted by molar-refractivity contribution is 9.10. The molecule has 0 spiro atoms. The molecule has 0 unspecified atom stereocenters. The fraction of sp³-hybridized carbons (Fsp3) is 0.364. The lowest BCUT2D eigenvalue weighted by Gasteiger charge is -2.07. The highest BCUT2D eigenvalue weighted by Crippen LogP contribution is 2.21. The maximum Gasteiger partial charge on any atom is 0.320 e. The Kier molecular flexibility index (Phi) is 6.76. The molecule has 4 nitrogen and oxygen atoms in total. The van der Waals surface area contributed by atoms with E-state index in [1.807, 2.05) is 6.07 Å². The minimum absolute atomic E-state index is 0.0208. The topological polar surface area (TPSA) is 83.6 Å². The van der Waals surface area contributed by atoms with E-state index in [4.69, 9.17) is 15.9 Å². The molecule has 0 radical (unpaired) electrons. The number of aromatic hydroxyl groups is 1. The van der Waals surface area contributed by atoms with E-state index >= 15 is 0 Å². The quantitative estimate of drug-likeness (QED) is 0.779. The van der Waals surface area contributed by atoms with E-state index in [0.29, 0.717) is 0 Å². The molecule has 0 aliphatic heterocycles. The molecule has 0 saturated heterocycles. The fourth-order valence-corrected chi connectivity index (χ4v) is 1.02. The molecule has 5 heteroatoms. The summed E-state index contributed by atoms with van der Waals surface area (Å²) in [6, 6.07) is 6.33. The van der Waals surface area contributed by atoms with Gasteiger partial charge in [0.2, 0.25) is 0 Å². The van der Waals surface area contributed by atoms with Crippen molar-refractivity contribution in [1.82, 2.24) is 0 Å². The van der Waals surface area contributed by atoms with Crippen molar-refractivity contribution in [3.05, 3.63) is 28.7 Å². The lowest BCUT2D eigenvalue weighted by atomic mass is 10.1. The molecular formula is C11H16BrNO3. The van der Waals surface area contributed by atoms with E-state index in [1.165, 1.54) is 0 Å². The average Bonchev–Trinajstić information content (AvgIpc) is 2.22. The predicted molar refractivity (Wildman–Crippen MR) is 66.3 cm³/mol. The zero-order valence-electron chi connectivity index (χ0n) is 9.22. The molecule has 0 bridgehead atoms. The van der Waals surface area contributed by atoms with Crippen molar-refractivity contribution in [1.29, 1.82) is 0 Å². The number of carbonyl (C=O) groups is 1. The van der Waals surface area contributed by atoms with Crippen molar-refractivity contribution in [2.24, 2.45) is 11.7 Å². The Hall–Kier alpha value is -1.07. The lowest BCUT2D eigenvalue weighted by molar-refractivity contribution is -0.139. The number of hydrogen-bond acceptors (Lipinski definition) is 3. The summed E-state index contributed by atoms with van der Waals surface area (Å²) in [6.07, 6.45) is 0. The molecule has 0 amide bonds. The van der Waals surface area contributed by atoms with Gasteiger partial charge >= 0.3 is 5.97 Å². The molecule has 4 N–H and O–H groups in total. The zero-order valence-corrected chi connectivity index (χ0v) is 10.8. The van der Waals surface area contributed by atoms with Gasteiger partial charge in [0.1, 0.15) is 11.8 Å². The second-order valence-corrected chi connectivity index (χ2v) is 4.41. The minimum Gasteiger partial charge on any atom is -0.507 e. The zero-order chi connectivity index (χ0) is 12.7. The summed E-state index contributed by atoms with van der Waals surface area (Å²) in [5.74, 6) is -0.625. The van der Waals surface area contributed by atoms with Crippen molar-refractivity contribution in [2.45, 2.75) is 19.9 Å².